The van der Waals surface area contributed by atoms with Crippen LogP contribution in [0.5, 0.6) is 5.75 Å². The first-order chi connectivity index (χ1) is 13.4. The normalized spacial score (nSPS) is 10.4. The van der Waals surface area contributed by atoms with Gasteiger partial charge in [0.15, 0.2) is 0 Å². The van der Waals surface area contributed by atoms with Crippen molar-refractivity contribution in [3.8, 4) is 5.75 Å². The number of anilines is 4. The second-order valence-corrected chi connectivity index (χ2v) is 6.81. The Balaban J connectivity index is 1.82. The number of aromatic carboxylic acids is 1. The van der Waals surface area contributed by atoms with E-state index in [1.165, 1.54) is 13.2 Å². The molecule has 3 aromatic rings. The van der Waals surface area contributed by atoms with Crippen LogP contribution in [0.2, 0.25) is 5.02 Å². The molecule has 0 unspecified atom stereocenters. The number of halogens is 1. The number of rotatable bonds is 6. The number of hydrogen-bond acceptors (Lipinski definition) is 4. The van der Waals surface area contributed by atoms with E-state index >= 15 is 0 Å². The predicted octanol–water partition coefficient (Wildman–Crippen LogP) is 5.87. The Hall–Kier alpha value is -3.18. The quantitative estimate of drug-likeness (QED) is 0.545. The molecule has 2 N–H and O–H groups in total. The van der Waals surface area contributed by atoms with Gasteiger partial charge in [-0.05, 0) is 67.1 Å². The highest BCUT2D eigenvalue weighted by Gasteiger charge is 2.13. The topological polar surface area (TPSA) is 61.8 Å². The summed E-state index contributed by atoms with van der Waals surface area (Å²) in [6.07, 6.45) is 0. The fourth-order valence-electron chi connectivity index (χ4n) is 2.88. The molecule has 0 fully saturated rings. The van der Waals surface area contributed by atoms with Crippen LogP contribution in [0.15, 0.2) is 60.7 Å². The Morgan fingerprint density at radius 3 is 2.39 bits per heavy atom. The molecule has 3 rings (SSSR count). The Bertz CT molecular complexity index is 1000. The van der Waals surface area contributed by atoms with Crippen molar-refractivity contribution in [1.82, 2.24) is 0 Å². The zero-order valence-corrected chi connectivity index (χ0v) is 16.6. The van der Waals surface area contributed by atoms with Crippen LogP contribution in [0.1, 0.15) is 15.9 Å². The van der Waals surface area contributed by atoms with Crippen LogP contribution in [-0.4, -0.2) is 25.2 Å². The summed E-state index contributed by atoms with van der Waals surface area (Å²) in [7, 11) is 3.45. The summed E-state index contributed by atoms with van der Waals surface area (Å²) in [6.45, 7) is 2.00. The molecule has 0 radical (unpaired) electrons. The van der Waals surface area contributed by atoms with Gasteiger partial charge in [0.25, 0.3) is 0 Å². The Kier molecular flexibility index (Phi) is 5.76. The number of carboxylic acids is 1. The van der Waals surface area contributed by atoms with Gasteiger partial charge < -0.3 is 20.1 Å². The van der Waals surface area contributed by atoms with E-state index in [-0.39, 0.29) is 5.56 Å². The van der Waals surface area contributed by atoms with Crippen molar-refractivity contribution in [3.05, 3.63) is 76.8 Å². The lowest BCUT2D eigenvalue weighted by molar-refractivity contribution is 0.0697. The molecule has 0 aliphatic carbocycles. The average molecular weight is 397 g/mol. The predicted molar refractivity (Wildman–Crippen MR) is 114 cm³/mol. The molecule has 0 aliphatic heterocycles. The van der Waals surface area contributed by atoms with Crippen LogP contribution in [0.3, 0.4) is 0 Å². The van der Waals surface area contributed by atoms with E-state index in [2.05, 4.69) is 5.32 Å². The van der Waals surface area contributed by atoms with Gasteiger partial charge >= 0.3 is 5.97 Å². The summed E-state index contributed by atoms with van der Waals surface area (Å²) in [5.74, 6) is -0.526. The number of hydrogen-bond donors (Lipinski definition) is 2. The number of carbonyl (C=O) groups is 1. The molecular weight excluding hydrogens is 376 g/mol. The summed E-state index contributed by atoms with van der Waals surface area (Å²) in [5.41, 5.74) is 4.40. The third kappa shape index (κ3) is 4.21. The summed E-state index contributed by atoms with van der Waals surface area (Å²) in [6, 6.07) is 18.5. The van der Waals surface area contributed by atoms with Crippen molar-refractivity contribution in [2.45, 2.75) is 6.92 Å². The highest BCUT2D eigenvalue weighted by molar-refractivity contribution is 6.33. The smallest absolute Gasteiger partial charge is 0.337 e. The molecule has 0 amide bonds. The van der Waals surface area contributed by atoms with Gasteiger partial charge in [-0.15, -0.1) is 0 Å². The fourth-order valence-corrected chi connectivity index (χ4v) is 3.25. The molecule has 0 heterocycles. The Morgan fingerprint density at radius 1 is 1.07 bits per heavy atom. The van der Waals surface area contributed by atoms with Gasteiger partial charge in [-0.25, -0.2) is 4.79 Å². The zero-order valence-electron chi connectivity index (χ0n) is 15.9. The largest absolute Gasteiger partial charge is 0.497 e. The monoisotopic (exact) mass is 396 g/mol. The van der Waals surface area contributed by atoms with Gasteiger partial charge in [0.2, 0.25) is 0 Å². The van der Waals surface area contributed by atoms with Crippen molar-refractivity contribution in [2.24, 2.45) is 0 Å². The van der Waals surface area contributed by atoms with Gasteiger partial charge in [-0.2, -0.15) is 0 Å². The number of ether oxygens (including phenoxy) is 1. The second kappa shape index (κ2) is 8.23. The standard InChI is InChI=1S/C22H21ClN2O3/c1-14-4-11-21(19(23)12-14)25(2)16-7-5-15(6-8-16)24-20-10-9-17(28-3)13-18(20)22(26)27/h4-13,24H,1-3H3,(H,26,27). The van der Waals surface area contributed by atoms with E-state index in [1.807, 2.05) is 61.3 Å². The lowest BCUT2D eigenvalue weighted by Crippen LogP contribution is -2.10. The highest BCUT2D eigenvalue weighted by atomic mass is 35.5. The first-order valence-corrected chi connectivity index (χ1v) is 9.05. The van der Waals surface area contributed by atoms with E-state index in [0.717, 1.165) is 22.6 Å². The molecule has 0 spiro atoms. The Morgan fingerprint density at radius 2 is 1.79 bits per heavy atom. The number of benzene rings is 3. The van der Waals surface area contributed by atoms with Crippen molar-refractivity contribution in [1.29, 1.82) is 0 Å². The first-order valence-electron chi connectivity index (χ1n) is 8.67. The van der Waals surface area contributed by atoms with Gasteiger partial charge in [0.1, 0.15) is 5.75 Å². The van der Waals surface area contributed by atoms with Crippen molar-refractivity contribution < 1.29 is 14.6 Å². The summed E-state index contributed by atoms with van der Waals surface area (Å²) >= 11 is 6.36. The number of nitrogens with one attached hydrogen (secondary N) is 1. The van der Waals surface area contributed by atoms with Crippen LogP contribution in [0.4, 0.5) is 22.7 Å². The summed E-state index contributed by atoms with van der Waals surface area (Å²) < 4.78 is 5.10. The van der Waals surface area contributed by atoms with E-state index < -0.39 is 5.97 Å². The van der Waals surface area contributed by atoms with Crippen LogP contribution in [0, 0.1) is 6.92 Å². The molecule has 0 aliphatic rings. The van der Waals surface area contributed by atoms with Crippen LogP contribution in [0.25, 0.3) is 0 Å². The van der Waals surface area contributed by atoms with E-state index in [1.54, 1.807) is 12.1 Å². The van der Waals surface area contributed by atoms with Crippen LogP contribution >= 0.6 is 11.6 Å². The molecule has 0 saturated carbocycles. The minimum absolute atomic E-state index is 0.145. The van der Waals surface area contributed by atoms with Crippen molar-refractivity contribution in [3.63, 3.8) is 0 Å². The van der Waals surface area contributed by atoms with E-state index in [9.17, 15) is 9.90 Å². The molecule has 0 saturated heterocycles. The van der Waals surface area contributed by atoms with Gasteiger partial charge in [0.05, 0.1) is 29.1 Å². The molecule has 0 bridgehead atoms. The molecule has 144 valence electrons. The molecule has 0 atom stereocenters. The SMILES string of the molecule is COc1ccc(Nc2ccc(N(C)c3ccc(C)cc3Cl)cc2)c(C(=O)O)c1. The highest BCUT2D eigenvalue weighted by Crippen LogP contribution is 2.32. The number of aryl methyl sites for hydroxylation is 1. The maximum atomic E-state index is 11.5. The van der Waals surface area contributed by atoms with Gasteiger partial charge in [-0.1, -0.05) is 17.7 Å². The third-order valence-electron chi connectivity index (χ3n) is 4.46. The molecular formula is C22H21ClN2O3. The summed E-state index contributed by atoms with van der Waals surface area (Å²) in [4.78, 5) is 13.5. The number of nitrogens with zero attached hydrogens (tertiary/aromatic N) is 1. The lowest BCUT2D eigenvalue weighted by atomic mass is 10.1. The van der Waals surface area contributed by atoms with E-state index in [0.29, 0.717) is 16.5 Å². The maximum Gasteiger partial charge on any atom is 0.337 e. The van der Waals surface area contributed by atoms with Gasteiger partial charge in [0, 0.05) is 18.4 Å². The molecule has 0 aromatic heterocycles. The van der Waals surface area contributed by atoms with Crippen molar-refractivity contribution in [2.75, 3.05) is 24.4 Å². The fraction of sp³-hybridized carbons (Fsp3) is 0.136. The number of methoxy groups -OCH3 is 1. The van der Waals surface area contributed by atoms with E-state index in [4.69, 9.17) is 16.3 Å². The zero-order chi connectivity index (χ0) is 20.3. The molecule has 5 nitrogen and oxygen atoms in total. The van der Waals surface area contributed by atoms with Crippen molar-refractivity contribution >= 4 is 40.3 Å². The maximum absolute atomic E-state index is 11.5. The summed E-state index contributed by atoms with van der Waals surface area (Å²) in [5, 5.41) is 13.3. The second-order valence-electron chi connectivity index (χ2n) is 6.40. The Labute approximate surface area is 169 Å². The average Bonchev–Trinajstić information content (AvgIpc) is 2.68. The minimum atomic E-state index is -1.02. The molecule has 28 heavy (non-hydrogen) atoms. The number of carboxylic acid groups (broad SMARTS) is 1. The lowest BCUT2D eigenvalue weighted by Gasteiger charge is -2.21. The third-order valence-corrected chi connectivity index (χ3v) is 4.76. The minimum Gasteiger partial charge on any atom is -0.497 e. The molecule has 6 heteroatoms. The van der Waals surface area contributed by atoms with Gasteiger partial charge in [-0.3, -0.25) is 0 Å². The first kappa shape index (κ1) is 19.6. The molecule has 3 aromatic carbocycles. The van der Waals surface area contributed by atoms with Crippen LogP contribution < -0.4 is 15.0 Å². The van der Waals surface area contributed by atoms with Crippen LogP contribution in [-0.2, 0) is 0 Å².